The molecule has 0 fully saturated rings. The lowest BCUT2D eigenvalue weighted by atomic mass is 10.1. The Morgan fingerprint density at radius 2 is 1.35 bits per heavy atom. The van der Waals surface area contributed by atoms with E-state index in [1.165, 1.54) is 0 Å². The first kappa shape index (κ1) is 24.8. The molecule has 26 heavy (non-hydrogen) atoms. The van der Waals surface area contributed by atoms with Gasteiger partial charge in [0.25, 0.3) is 0 Å². The zero-order chi connectivity index (χ0) is 19.6. The van der Waals surface area contributed by atoms with Crippen molar-refractivity contribution in [2.45, 2.75) is 59.4 Å². The maximum absolute atomic E-state index is 11.6. The van der Waals surface area contributed by atoms with Gasteiger partial charge in [-0.3, -0.25) is 9.59 Å². The number of carbonyl (C=O) groups is 2. The predicted molar refractivity (Wildman–Crippen MR) is 104 cm³/mol. The molecule has 0 aromatic rings. The lowest BCUT2D eigenvalue weighted by Crippen LogP contribution is -2.30. The quantitative estimate of drug-likeness (QED) is 0.336. The Hall–Kier alpha value is -1.18. The Bertz CT molecular complexity index is 363. The van der Waals surface area contributed by atoms with Crippen molar-refractivity contribution >= 4 is 11.8 Å². The first-order valence-corrected chi connectivity index (χ1v) is 9.84. The minimum Gasteiger partial charge on any atom is -0.380 e. The molecule has 0 saturated heterocycles. The van der Waals surface area contributed by atoms with Gasteiger partial charge in [0.2, 0.25) is 11.8 Å². The van der Waals surface area contributed by atoms with E-state index in [0.717, 1.165) is 19.4 Å². The fourth-order valence-electron chi connectivity index (χ4n) is 2.06. The number of hydrogen-bond donors (Lipinski definition) is 3. The molecule has 0 rings (SSSR count). The maximum atomic E-state index is 11.6. The van der Waals surface area contributed by atoms with Crippen LogP contribution in [-0.4, -0.2) is 63.9 Å². The number of rotatable bonds is 17. The van der Waals surface area contributed by atoms with Gasteiger partial charge in [-0.25, -0.2) is 0 Å². The highest BCUT2D eigenvalue weighted by Crippen LogP contribution is 2.02. The lowest BCUT2D eigenvalue weighted by Gasteiger charge is -2.09. The summed E-state index contributed by atoms with van der Waals surface area (Å²) in [6.45, 7) is 12.4. The summed E-state index contributed by atoms with van der Waals surface area (Å²) in [5, 5.41) is 8.93. The van der Waals surface area contributed by atoms with E-state index in [9.17, 15) is 9.59 Å². The summed E-state index contributed by atoms with van der Waals surface area (Å²) in [5.41, 5.74) is 0. The third kappa shape index (κ3) is 19.1. The molecule has 0 unspecified atom stereocenters. The van der Waals surface area contributed by atoms with Crippen LogP contribution < -0.4 is 16.0 Å². The summed E-state index contributed by atoms with van der Waals surface area (Å²) in [4.78, 5) is 23.1. The smallest absolute Gasteiger partial charge is 0.222 e. The third-order valence-electron chi connectivity index (χ3n) is 3.58. The van der Waals surface area contributed by atoms with Crippen molar-refractivity contribution in [3.8, 4) is 0 Å². The summed E-state index contributed by atoms with van der Waals surface area (Å²) >= 11 is 0. The summed E-state index contributed by atoms with van der Waals surface area (Å²) in [6.07, 6.45) is 2.73. The highest BCUT2D eigenvalue weighted by molar-refractivity contribution is 5.76. The molecule has 0 saturated carbocycles. The van der Waals surface area contributed by atoms with E-state index in [1.54, 1.807) is 0 Å². The zero-order valence-corrected chi connectivity index (χ0v) is 17.1. The van der Waals surface area contributed by atoms with Gasteiger partial charge in [0.15, 0.2) is 0 Å². The van der Waals surface area contributed by atoms with Crippen LogP contribution in [0.15, 0.2) is 0 Å². The van der Waals surface area contributed by atoms with E-state index in [4.69, 9.17) is 9.47 Å². The molecule has 0 radical (unpaired) electrons. The van der Waals surface area contributed by atoms with Crippen LogP contribution >= 0.6 is 0 Å². The minimum atomic E-state index is -0.0453. The molecular formula is C19H39N3O4. The molecule has 0 aliphatic heterocycles. The van der Waals surface area contributed by atoms with Crippen molar-refractivity contribution in [2.24, 2.45) is 5.92 Å². The molecule has 0 aliphatic carbocycles. The second-order valence-corrected chi connectivity index (χ2v) is 7.07. The molecule has 0 aromatic carbocycles. The molecule has 2 amide bonds. The normalized spacial score (nSPS) is 11.2. The van der Waals surface area contributed by atoms with Crippen molar-refractivity contribution in [3.05, 3.63) is 0 Å². The fraction of sp³-hybridized carbons (Fsp3) is 0.895. The topological polar surface area (TPSA) is 88.7 Å². The van der Waals surface area contributed by atoms with Gasteiger partial charge in [-0.05, 0) is 25.3 Å². The van der Waals surface area contributed by atoms with E-state index in [0.29, 0.717) is 64.3 Å². The number of ether oxygens (including phenoxy) is 2. The lowest BCUT2D eigenvalue weighted by molar-refractivity contribution is -0.123. The van der Waals surface area contributed by atoms with E-state index >= 15 is 0 Å². The summed E-state index contributed by atoms with van der Waals surface area (Å²) in [7, 11) is 0. The van der Waals surface area contributed by atoms with Crippen LogP contribution in [-0.2, 0) is 19.1 Å². The predicted octanol–water partition coefficient (Wildman–Crippen LogP) is 1.47. The van der Waals surface area contributed by atoms with Crippen LogP contribution in [0.1, 0.15) is 53.4 Å². The van der Waals surface area contributed by atoms with Gasteiger partial charge in [-0.1, -0.05) is 27.7 Å². The second-order valence-electron chi connectivity index (χ2n) is 7.07. The molecule has 7 nitrogen and oxygen atoms in total. The number of amides is 2. The standard InChI is InChI=1S/C19H39N3O4/c1-16(2)6-7-18(23)21-11-15-26-13-8-19(24)22-10-14-25-12-5-9-20-17(3)4/h16-17,20H,5-15H2,1-4H3,(H,21,23)(H,22,24). The Morgan fingerprint density at radius 1 is 0.769 bits per heavy atom. The van der Waals surface area contributed by atoms with Gasteiger partial charge in [0, 0.05) is 38.6 Å². The van der Waals surface area contributed by atoms with Crippen molar-refractivity contribution < 1.29 is 19.1 Å². The Balaban J connectivity index is 3.30. The Kier molecular flexibility index (Phi) is 16.5. The van der Waals surface area contributed by atoms with Gasteiger partial charge in [-0.2, -0.15) is 0 Å². The van der Waals surface area contributed by atoms with Gasteiger partial charge in [0.05, 0.1) is 19.8 Å². The molecule has 0 spiro atoms. The Morgan fingerprint density at radius 3 is 1.92 bits per heavy atom. The number of hydrogen-bond acceptors (Lipinski definition) is 5. The summed E-state index contributed by atoms with van der Waals surface area (Å²) in [5.74, 6) is 0.541. The van der Waals surface area contributed by atoms with E-state index < -0.39 is 0 Å². The maximum Gasteiger partial charge on any atom is 0.222 e. The van der Waals surface area contributed by atoms with Crippen LogP contribution in [0, 0.1) is 5.92 Å². The van der Waals surface area contributed by atoms with Crippen LogP contribution in [0.2, 0.25) is 0 Å². The van der Waals surface area contributed by atoms with E-state index in [1.807, 2.05) is 0 Å². The minimum absolute atomic E-state index is 0.0453. The highest BCUT2D eigenvalue weighted by Gasteiger charge is 2.03. The molecule has 0 heterocycles. The zero-order valence-electron chi connectivity index (χ0n) is 17.1. The molecule has 0 aromatic heterocycles. The third-order valence-corrected chi connectivity index (χ3v) is 3.58. The Labute approximate surface area is 159 Å². The van der Waals surface area contributed by atoms with E-state index in [-0.39, 0.29) is 11.8 Å². The summed E-state index contributed by atoms with van der Waals surface area (Å²) in [6, 6.07) is 0.498. The molecular weight excluding hydrogens is 334 g/mol. The summed E-state index contributed by atoms with van der Waals surface area (Å²) < 4.78 is 10.8. The molecule has 0 aliphatic rings. The SMILES string of the molecule is CC(C)CCC(=O)NCCOCCC(=O)NCCOCCCNC(C)C. The van der Waals surface area contributed by atoms with E-state index in [2.05, 4.69) is 43.6 Å². The average molecular weight is 374 g/mol. The first-order valence-electron chi connectivity index (χ1n) is 9.84. The second kappa shape index (κ2) is 17.2. The highest BCUT2D eigenvalue weighted by atomic mass is 16.5. The van der Waals surface area contributed by atoms with Gasteiger partial charge in [0.1, 0.15) is 0 Å². The molecule has 0 atom stereocenters. The average Bonchev–Trinajstić information content (AvgIpc) is 2.58. The fourth-order valence-corrected chi connectivity index (χ4v) is 2.06. The monoisotopic (exact) mass is 373 g/mol. The molecule has 7 heteroatoms. The number of carbonyl (C=O) groups excluding carboxylic acids is 2. The van der Waals surface area contributed by atoms with Crippen molar-refractivity contribution in [3.63, 3.8) is 0 Å². The largest absolute Gasteiger partial charge is 0.380 e. The first-order chi connectivity index (χ1) is 12.4. The van der Waals surface area contributed by atoms with Gasteiger partial charge in [-0.15, -0.1) is 0 Å². The molecule has 154 valence electrons. The molecule has 0 bridgehead atoms. The van der Waals surface area contributed by atoms with Crippen molar-refractivity contribution in [1.29, 1.82) is 0 Å². The van der Waals surface area contributed by atoms with Crippen molar-refractivity contribution in [1.82, 2.24) is 16.0 Å². The van der Waals surface area contributed by atoms with Crippen LogP contribution in [0.5, 0.6) is 0 Å². The van der Waals surface area contributed by atoms with Crippen LogP contribution in [0.3, 0.4) is 0 Å². The van der Waals surface area contributed by atoms with Crippen LogP contribution in [0.4, 0.5) is 0 Å². The van der Waals surface area contributed by atoms with Crippen LogP contribution in [0.25, 0.3) is 0 Å². The van der Waals surface area contributed by atoms with Crippen molar-refractivity contribution in [2.75, 3.05) is 46.1 Å². The number of nitrogens with one attached hydrogen (secondary N) is 3. The van der Waals surface area contributed by atoms with Gasteiger partial charge >= 0.3 is 0 Å². The van der Waals surface area contributed by atoms with Gasteiger partial charge < -0.3 is 25.4 Å². The molecule has 3 N–H and O–H groups in total.